The Morgan fingerprint density at radius 1 is 1.45 bits per heavy atom. The van der Waals surface area contributed by atoms with E-state index >= 15 is 0 Å². The van der Waals surface area contributed by atoms with Crippen LogP contribution in [0.25, 0.3) is 0 Å². The third kappa shape index (κ3) is 4.76. The first-order valence-corrected chi connectivity index (χ1v) is 7.90. The fourth-order valence-electron chi connectivity index (χ4n) is 1.61. The molecule has 0 aromatic heterocycles. The van der Waals surface area contributed by atoms with Crippen LogP contribution in [0.5, 0.6) is 0 Å². The van der Waals surface area contributed by atoms with Crippen LogP contribution < -0.4 is 11.1 Å². The SMILES string of the molecule is CN(CC(=O)NCCCN)S(=O)(=O)c1cccc([N+](=O)[O-])c1. The lowest BCUT2D eigenvalue weighted by atomic mass is 10.3. The van der Waals surface area contributed by atoms with Crippen molar-refractivity contribution in [3.8, 4) is 0 Å². The second-order valence-electron chi connectivity index (χ2n) is 4.51. The third-order valence-corrected chi connectivity index (χ3v) is 4.61. The van der Waals surface area contributed by atoms with Gasteiger partial charge in [0.1, 0.15) is 0 Å². The highest BCUT2D eigenvalue weighted by atomic mass is 32.2. The van der Waals surface area contributed by atoms with Gasteiger partial charge in [-0.05, 0) is 19.0 Å². The molecule has 0 saturated carbocycles. The fourth-order valence-corrected chi connectivity index (χ4v) is 2.78. The van der Waals surface area contributed by atoms with E-state index in [0.717, 1.165) is 10.4 Å². The summed E-state index contributed by atoms with van der Waals surface area (Å²) in [6.45, 7) is 0.401. The Morgan fingerprint density at radius 2 is 2.14 bits per heavy atom. The summed E-state index contributed by atoms with van der Waals surface area (Å²) in [7, 11) is -2.74. The normalized spacial score (nSPS) is 11.4. The molecule has 1 rings (SSSR count). The number of nitro groups is 1. The number of amides is 1. The summed E-state index contributed by atoms with van der Waals surface area (Å²) >= 11 is 0. The monoisotopic (exact) mass is 330 g/mol. The maximum Gasteiger partial charge on any atom is 0.270 e. The van der Waals surface area contributed by atoms with E-state index in [4.69, 9.17) is 5.73 Å². The number of likely N-dealkylation sites (N-methyl/N-ethyl adjacent to an activating group) is 1. The molecule has 0 radical (unpaired) electrons. The van der Waals surface area contributed by atoms with E-state index in [0.29, 0.717) is 19.5 Å². The van der Waals surface area contributed by atoms with Crippen molar-refractivity contribution in [2.75, 3.05) is 26.7 Å². The topological polar surface area (TPSA) is 136 Å². The second-order valence-corrected chi connectivity index (χ2v) is 6.55. The van der Waals surface area contributed by atoms with Crippen molar-refractivity contribution in [3.63, 3.8) is 0 Å². The van der Waals surface area contributed by atoms with Gasteiger partial charge in [0.05, 0.1) is 16.4 Å². The predicted octanol–water partition coefficient (Wildman–Crippen LogP) is -0.320. The number of hydrogen-bond acceptors (Lipinski definition) is 6. The van der Waals surface area contributed by atoms with E-state index in [1.165, 1.54) is 25.2 Å². The molecule has 3 N–H and O–H groups in total. The third-order valence-electron chi connectivity index (χ3n) is 2.81. The molecule has 0 aliphatic carbocycles. The van der Waals surface area contributed by atoms with Crippen LogP contribution in [0.1, 0.15) is 6.42 Å². The number of nitro benzene ring substituents is 1. The molecule has 0 spiro atoms. The number of sulfonamides is 1. The molecular formula is C12H18N4O5S. The summed E-state index contributed by atoms with van der Waals surface area (Å²) in [5.74, 6) is -0.468. The minimum Gasteiger partial charge on any atom is -0.355 e. The summed E-state index contributed by atoms with van der Waals surface area (Å²) < 4.78 is 25.4. The van der Waals surface area contributed by atoms with Gasteiger partial charge in [0.2, 0.25) is 15.9 Å². The van der Waals surface area contributed by atoms with Crippen molar-refractivity contribution in [2.24, 2.45) is 5.73 Å². The average molecular weight is 330 g/mol. The molecule has 0 aliphatic rings. The molecule has 0 fully saturated rings. The van der Waals surface area contributed by atoms with Crippen LogP contribution in [0.2, 0.25) is 0 Å². The lowest BCUT2D eigenvalue weighted by Crippen LogP contribution is -2.38. The zero-order chi connectivity index (χ0) is 16.8. The maximum atomic E-state index is 12.3. The average Bonchev–Trinajstić information content (AvgIpc) is 2.47. The van der Waals surface area contributed by atoms with Crippen molar-refractivity contribution in [1.29, 1.82) is 0 Å². The Kier molecular flexibility index (Phi) is 6.40. The van der Waals surface area contributed by atoms with Crippen molar-refractivity contribution < 1.29 is 18.1 Å². The lowest BCUT2D eigenvalue weighted by Gasteiger charge is -2.16. The highest BCUT2D eigenvalue weighted by Crippen LogP contribution is 2.19. The molecule has 0 bridgehead atoms. The molecule has 1 aromatic rings. The van der Waals surface area contributed by atoms with Gasteiger partial charge in [-0.1, -0.05) is 6.07 Å². The fraction of sp³-hybridized carbons (Fsp3) is 0.417. The predicted molar refractivity (Wildman–Crippen MR) is 79.6 cm³/mol. The number of rotatable bonds is 8. The highest BCUT2D eigenvalue weighted by Gasteiger charge is 2.24. The van der Waals surface area contributed by atoms with Gasteiger partial charge in [-0.2, -0.15) is 4.31 Å². The van der Waals surface area contributed by atoms with E-state index in [-0.39, 0.29) is 17.1 Å². The number of nitrogens with two attached hydrogens (primary N) is 1. The summed E-state index contributed by atoms with van der Waals surface area (Å²) in [5.41, 5.74) is 4.96. The number of hydrogen-bond donors (Lipinski definition) is 2. The van der Waals surface area contributed by atoms with Crippen LogP contribution in [0.3, 0.4) is 0 Å². The molecule has 1 amide bonds. The van der Waals surface area contributed by atoms with E-state index in [1.54, 1.807) is 0 Å². The van der Waals surface area contributed by atoms with Crippen molar-refractivity contribution in [2.45, 2.75) is 11.3 Å². The van der Waals surface area contributed by atoms with Gasteiger partial charge in [0, 0.05) is 25.7 Å². The van der Waals surface area contributed by atoms with Gasteiger partial charge in [0.25, 0.3) is 5.69 Å². The number of non-ortho nitro benzene ring substituents is 1. The molecule has 9 nitrogen and oxygen atoms in total. The standard InChI is InChI=1S/C12H18N4O5S/c1-15(9-12(17)14-7-3-6-13)22(20,21)11-5-2-4-10(8-11)16(18)19/h2,4-5,8H,3,6-7,9,13H2,1H3,(H,14,17). The molecule has 0 unspecified atom stereocenters. The van der Waals surface area contributed by atoms with Crippen LogP contribution in [-0.4, -0.2) is 50.2 Å². The van der Waals surface area contributed by atoms with Gasteiger partial charge < -0.3 is 11.1 Å². The molecule has 0 atom stereocenters. The molecule has 1 aromatic carbocycles. The molecule has 0 heterocycles. The van der Waals surface area contributed by atoms with Gasteiger partial charge in [0.15, 0.2) is 0 Å². The highest BCUT2D eigenvalue weighted by molar-refractivity contribution is 7.89. The lowest BCUT2D eigenvalue weighted by molar-refractivity contribution is -0.385. The van der Waals surface area contributed by atoms with Gasteiger partial charge in [-0.15, -0.1) is 0 Å². The van der Waals surface area contributed by atoms with Gasteiger partial charge in [-0.3, -0.25) is 14.9 Å². The summed E-state index contributed by atoms with van der Waals surface area (Å²) in [5, 5.41) is 13.2. The molecule has 0 saturated heterocycles. The second kappa shape index (κ2) is 7.82. The minimum absolute atomic E-state index is 0.237. The number of nitrogens with one attached hydrogen (secondary N) is 1. The number of benzene rings is 1. The van der Waals surface area contributed by atoms with E-state index in [2.05, 4.69) is 5.32 Å². The van der Waals surface area contributed by atoms with Gasteiger partial charge in [-0.25, -0.2) is 8.42 Å². The number of carbonyl (C=O) groups excluding carboxylic acids is 1. The minimum atomic E-state index is -3.98. The van der Waals surface area contributed by atoms with Crippen molar-refractivity contribution >= 4 is 21.6 Å². The zero-order valence-electron chi connectivity index (χ0n) is 12.1. The van der Waals surface area contributed by atoms with E-state index < -0.39 is 20.9 Å². The van der Waals surface area contributed by atoms with Crippen LogP contribution in [0.15, 0.2) is 29.2 Å². The van der Waals surface area contributed by atoms with Crippen molar-refractivity contribution in [1.82, 2.24) is 9.62 Å². The molecule has 10 heteroatoms. The summed E-state index contributed by atoms with van der Waals surface area (Å²) in [6, 6.07) is 4.67. The number of carbonyl (C=O) groups is 1. The molecule has 122 valence electrons. The largest absolute Gasteiger partial charge is 0.355 e. The van der Waals surface area contributed by atoms with Crippen LogP contribution in [-0.2, 0) is 14.8 Å². The Hall–Kier alpha value is -2.04. The molecule has 0 aliphatic heterocycles. The van der Waals surface area contributed by atoms with Crippen LogP contribution >= 0.6 is 0 Å². The molecular weight excluding hydrogens is 312 g/mol. The van der Waals surface area contributed by atoms with Gasteiger partial charge >= 0.3 is 0 Å². The van der Waals surface area contributed by atoms with Crippen molar-refractivity contribution in [3.05, 3.63) is 34.4 Å². The first kappa shape index (κ1) is 18.0. The molecule has 22 heavy (non-hydrogen) atoms. The quantitative estimate of drug-likeness (QED) is 0.381. The Morgan fingerprint density at radius 3 is 2.73 bits per heavy atom. The summed E-state index contributed by atoms with van der Waals surface area (Å²) in [4.78, 5) is 21.4. The van der Waals surface area contributed by atoms with E-state index in [1.807, 2.05) is 0 Å². The smallest absolute Gasteiger partial charge is 0.270 e. The van der Waals surface area contributed by atoms with E-state index in [9.17, 15) is 23.3 Å². The van der Waals surface area contributed by atoms with Crippen LogP contribution in [0, 0.1) is 10.1 Å². The number of nitrogens with zero attached hydrogens (tertiary/aromatic N) is 2. The van der Waals surface area contributed by atoms with Crippen LogP contribution in [0.4, 0.5) is 5.69 Å². The Labute approximate surface area is 128 Å². The zero-order valence-corrected chi connectivity index (χ0v) is 12.9. The maximum absolute atomic E-state index is 12.3. The Balaban J connectivity index is 2.83. The Bertz CT molecular complexity index is 647. The first-order valence-electron chi connectivity index (χ1n) is 6.46. The summed E-state index contributed by atoms with van der Waals surface area (Å²) in [6.07, 6.45) is 0.590. The first-order chi connectivity index (χ1) is 10.3.